The minimum Gasteiger partial charge on any atom is -0.388 e. The van der Waals surface area contributed by atoms with E-state index in [0.29, 0.717) is 11.6 Å². The van der Waals surface area contributed by atoms with Crippen molar-refractivity contribution < 1.29 is 0 Å². The van der Waals surface area contributed by atoms with E-state index in [1.165, 1.54) is 4.88 Å². The molecule has 0 saturated heterocycles. The molecule has 5 nitrogen and oxygen atoms in total. The molecule has 0 aliphatic rings. The zero-order valence-electron chi connectivity index (χ0n) is 11.7. The summed E-state index contributed by atoms with van der Waals surface area (Å²) in [6.07, 6.45) is 2.91. The highest BCUT2D eigenvalue weighted by Crippen LogP contribution is 2.22. The molecule has 2 rings (SSSR count). The lowest BCUT2D eigenvalue weighted by molar-refractivity contribution is 0.844. The van der Waals surface area contributed by atoms with E-state index in [1.54, 1.807) is 17.4 Å². The first-order valence-corrected chi connectivity index (χ1v) is 7.58. The van der Waals surface area contributed by atoms with Crippen LogP contribution in [0.25, 0.3) is 0 Å². The van der Waals surface area contributed by atoms with Crippen molar-refractivity contribution in [1.29, 1.82) is 0 Å². The maximum atomic E-state index is 5.62. The van der Waals surface area contributed by atoms with Crippen LogP contribution in [0, 0.1) is 6.92 Å². The first kappa shape index (κ1) is 14.8. The average Bonchev–Trinajstić information content (AvgIpc) is 2.86. The Hall–Kier alpha value is -1.60. The van der Waals surface area contributed by atoms with Gasteiger partial charge in [0.05, 0.1) is 6.04 Å². The Labute approximate surface area is 127 Å². The molecule has 106 valence electrons. The second-order valence-corrected chi connectivity index (χ2v) is 6.05. The van der Waals surface area contributed by atoms with Gasteiger partial charge in [-0.05, 0) is 26.3 Å². The van der Waals surface area contributed by atoms with Crippen LogP contribution in [0.2, 0.25) is 0 Å². The lowest BCUT2D eigenvalue weighted by atomic mass is 10.3. The van der Waals surface area contributed by atoms with E-state index in [9.17, 15) is 0 Å². The quantitative estimate of drug-likeness (QED) is 0.827. The highest BCUT2D eigenvalue weighted by Gasteiger charge is 2.12. The van der Waals surface area contributed by atoms with Gasteiger partial charge in [0, 0.05) is 16.8 Å². The van der Waals surface area contributed by atoms with Gasteiger partial charge in [0.15, 0.2) is 0 Å². The smallest absolute Gasteiger partial charge is 0.224 e. The molecule has 0 aliphatic heterocycles. The Kier molecular flexibility index (Phi) is 4.61. The molecule has 2 heterocycles. The van der Waals surface area contributed by atoms with Crippen LogP contribution in [0.1, 0.15) is 41.2 Å². The van der Waals surface area contributed by atoms with E-state index in [0.717, 1.165) is 17.1 Å². The lowest BCUT2D eigenvalue weighted by Gasteiger charge is -2.12. The first-order valence-electron chi connectivity index (χ1n) is 6.36. The fourth-order valence-corrected chi connectivity index (χ4v) is 2.67. The summed E-state index contributed by atoms with van der Waals surface area (Å²) < 4.78 is 0. The molecule has 0 spiro atoms. The first-order chi connectivity index (χ1) is 9.49. The molecular weight excluding hydrogens is 290 g/mol. The molecule has 7 heteroatoms. The number of nitrogens with one attached hydrogen (secondary N) is 1. The summed E-state index contributed by atoms with van der Waals surface area (Å²) in [4.78, 5) is 14.6. The van der Waals surface area contributed by atoms with Gasteiger partial charge >= 0.3 is 0 Å². The Morgan fingerprint density at radius 2 is 2.25 bits per heavy atom. The topological polar surface area (TPSA) is 76.7 Å². The van der Waals surface area contributed by atoms with Crippen LogP contribution in [-0.2, 0) is 6.42 Å². The molecule has 0 aliphatic carbocycles. The van der Waals surface area contributed by atoms with Crippen molar-refractivity contribution in [3.8, 4) is 0 Å². The number of thiocarbonyl (C=S) groups is 1. The number of hydrogen-bond donors (Lipinski definition) is 2. The number of aryl methyl sites for hydroxylation is 2. The monoisotopic (exact) mass is 307 g/mol. The number of nitrogens with two attached hydrogens (primary N) is 1. The van der Waals surface area contributed by atoms with Crippen LogP contribution in [-0.4, -0.2) is 19.9 Å². The van der Waals surface area contributed by atoms with E-state index in [4.69, 9.17) is 18.0 Å². The third-order valence-electron chi connectivity index (χ3n) is 2.74. The lowest BCUT2D eigenvalue weighted by Crippen LogP contribution is -2.16. The van der Waals surface area contributed by atoms with Gasteiger partial charge in [-0.15, -0.1) is 11.3 Å². The van der Waals surface area contributed by atoms with Gasteiger partial charge in [-0.2, -0.15) is 0 Å². The van der Waals surface area contributed by atoms with Crippen LogP contribution in [0.15, 0.2) is 12.3 Å². The molecule has 3 N–H and O–H groups in total. The summed E-state index contributed by atoms with van der Waals surface area (Å²) in [6.45, 7) is 6.04. The van der Waals surface area contributed by atoms with E-state index >= 15 is 0 Å². The van der Waals surface area contributed by atoms with Gasteiger partial charge in [-0.1, -0.05) is 19.1 Å². The third kappa shape index (κ3) is 3.49. The molecule has 0 saturated carbocycles. The number of hydrogen-bond acceptors (Lipinski definition) is 6. The number of nitrogens with zero attached hydrogens (tertiary/aromatic N) is 3. The summed E-state index contributed by atoms with van der Waals surface area (Å²) in [6, 6.07) is 1.82. The highest BCUT2D eigenvalue weighted by molar-refractivity contribution is 7.80. The average molecular weight is 307 g/mol. The summed E-state index contributed by atoms with van der Waals surface area (Å²) in [5.74, 6) is 0.522. The van der Waals surface area contributed by atoms with Crippen molar-refractivity contribution >= 4 is 34.5 Å². The molecular formula is C13H17N5S2. The minimum atomic E-state index is 0.0429. The van der Waals surface area contributed by atoms with E-state index in [1.807, 2.05) is 20.0 Å². The predicted octanol–water partition coefficient (Wildman–Crippen LogP) is 2.61. The van der Waals surface area contributed by atoms with Crippen LogP contribution < -0.4 is 11.1 Å². The zero-order chi connectivity index (χ0) is 14.7. The van der Waals surface area contributed by atoms with Gasteiger partial charge in [-0.3, -0.25) is 0 Å². The summed E-state index contributed by atoms with van der Waals surface area (Å²) in [5.41, 5.74) is 7.02. The van der Waals surface area contributed by atoms with Crippen molar-refractivity contribution in [1.82, 2.24) is 15.0 Å². The molecule has 0 fully saturated rings. The number of rotatable bonds is 5. The van der Waals surface area contributed by atoms with Crippen molar-refractivity contribution in [3.63, 3.8) is 0 Å². The Morgan fingerprint density at radius 3 is 2.85 bits per heavy atom. The minimum absolute atomic E-state index is 0.0429. The van der Waals surface area contributed by atoms with Crippen molar-refractivity contribution in [3.05, 3.63) is 33.5 Å². The number of anilines is 1. The maximum Gasteiger partial charge on any atom is 0.224 e. The molecule has 20 heavy (non-hydrogen) atoms. The Balaban J connectivity index is 2.18. The van der Waals surface area contributed by atoms with Crippen LogP contribution in [0.5, 0.6) is 0 Å². The van der Waals surface area contributed by atoms with Crippen LogP contribution in [0.3, 0.4) is 0 Å². The summed E-state index contributed by atoms with van der Waals surface area (Å²) in [5, 5.41) is 4.26. The van der Waals surface area contributed by atoms with E-state index < -0.39 is 0 Å². The zero-order valence-corrected chi connectivity index (χ0v) is 13.3. The van der Waals surface area contributed by atoms with Crippen molar-refractivity contribution in [2.24, 2.45) is 5.73 Å². The largest absolute Gasteiger partial charge is 0.388 e. The molecule has 1 atom stereocenters. The maximum absolute atomic E-state index is 5.62. The highest BCUT2D eigenvalue weighted by atomic mass is 32.1. The fraction of sp³-hybridized carbons (Fsp3) is 0.385. The van der Waals surface area contributed by atoms with Crippen LogP contribution >= 0.6 is 23.6 Å². The Morgan fingerprint density at radius 1 is 1.50 bits per heavy atom. The summed E-state index contributed by atoms with van der Waals surface area (Å²) >= 11 is 6.65. The van der Waals surface area contributed by atoms with Gasteiger partial charge in [0.1, 0.15) is 15.7 Å². The van der Waals surface area contributed by atoms with Crippen molar-refractivity contribution in [2.45, 2.75) is 33.2 Å². The van der Waals surface area contributed by atoms with Gasteiger partial charge in [0.2, 0.25) is 5.95 Å². The molecule has 0 radical (unpaired) electrons. The van der Waals surface area contributed by atoms with Crippen LogP contribution in [0.4, 0.5) is 5.95 Å². The standard InChI is InChI=1S/C13H17N5S2/c1-4-9-6-15-12(20-9)8(3)17-13-16-7(2)5-10(18-13)11(14)19/h5-6,8H,4H2,1-3H3,(H2,14,19)(H,16,17,18). The molecule has 0 bridgehead atoms. The SMILES string of the molecule is CCc1cnc(C(C)Nc2nc(C)cc(C(N)=S)n2)s1. The van der Waals surface area contributed by atoms with E-state index in [-0.39, 0.29) is 11.0 Å². The second-order valence-electron chi connectivity index (χ2n) is 4.47. The fourth-order valence-electron chi connectivity index (χ4n) is 1.70. The van der Waals surface area contributed by atoms with E-state index in [2.05, 4.69) is 27.2 Å². The molecule has 1 unspecified atom stereocenters. The number of thiazole rings is 1. The van der Waals surface area contributed by atoms with Crippen molar-refractivity contribution in [2.75, 3.05) is 5.32 Å². The molecule has 0 aromatic carbocycles. The second kappa shape index (κ2) is 6.23. The predicted molar refractivity (Wildman–Crippen MR) is 86.2 cm³/mol. The molecule has 2 aromatic heterocycles. The normalized spacial score (nSPS) is 12.2. The molecule has 2 aromatic rings. The summed E-state index contributed by atoms with van der Waals surface area (Å²) in [7, 11) is 0. The van der Waals surface area contributed by atoms with Gasteiger partial charge in [0.25, 0.3) is 0 Å². The Bertz CT molecular complexity index is 623. The van der Waals surface area contributed by atoms with Gasteiger partial charge < -0.3 is 11.1 Å². The number of aromatic nitrogens is 3. The van der Waals surface area contributed by atoms with Gasteiger partial charge in [-0.25, -0.2) is 15.0 Å². The third-order valence-corrected chi connectivity index (χ3v) is 4.28. The molecule has 0 amide bonds.